The molecular formula is C15H24ClNO3S. The van der Waals surface area contributed by atoms with Gasteiger partial charge in [0.2, 0.25) is 0 Å². The number of benzene rings is 1. The van der Waals surface area contributed by atoms with Crippen LogP contribution in [0.1, 0.15) is 25.8 Å². The summed E-state index contributed by atoms with van der Waals surface area (Å²) < 4.78 is 27.5. The van der Waals surface area contributed by atoms with Crippen molar-refractivity contribution in [1.82, 2.24) is 5.32 Å². The first-order valence-corrected chi connectivity index (χ1v) is 9.51. The molecule has 0 spiro atoms. The van der Waals surface area contributed by atoms with E-state index in [1.54, 1.807) is 0 Å². The first-order valence-electron chi connectivity index (χ1n) is 7.07. The Kier molecular flexibility index (Phi) is 7.49. The fourth-order valence-electron chi connectivity index (χ4n) is 1.78. The van der Waals surface area contributed by atoms with Gasteiger partial charge in [0.1, 0.15) is 15.6 Å². The zero-order valence-corrected chi connectivity index (χ0v) is 14.4. The van der Waals surface area contributed by atoms with Gasteiger partial charge in [0.05, 0.1) is 17.4 Å². The van der Waals surface area contributed by atoms with Crippen molar-refractivity contribution in [2.75, 3.05) is 25.2 Å². The average molecular weight is 334 g/mol. The van der Waals surface area contributed by atoms with Gasteiger partial charge in [-0.05, 0) is 36.6 Å². The maximum Gasteiger partial charge on any atom is 0.147 e. The molecule has 0 aliphatic rings. The minimum atomic E-state index is -2.93. The third kappa shape index (κ3) is 8.29. The molecule has 21 heavy (non-hydrogen) atoms. The lowest BCUT2D eigenvalue weighted by molar-refractivity contribution is 0.318. The molecule has 0 heterocycles. The van der Waals surface area contributed by atoms with Gasteiger partial charge < -0.3 is 10.1 Å². The largest absolute Gasteiger partial charge is 0.492 e. The van der Waals surface area contributed by atoms with Crippen molar-refractivity contribution < 1.29 is 13.2 Å². The minimum absolute atomic E-state index is 0.127. The first kappa shape index (κ1) is 18.3. The van der Waals surface area contributed by atoms with Crippen LogP contribution in [-0.4, -0.2) is 33.6 Å². The van der Waals surface area contributed by atoms with Gasteiger partial charge in [0.25, 0.3) is 0 Å². The van der Waals surface area contributed by atoms with Crippen LogP contribution in [0.15, 0.2) is 18.2 Å². The highest BCUT2D eigenvalue weighted by molar-refractivity contribution is 7.90. The second-order valence-electron chi connectivity index (χ2n) is 5.62. The van der Waals surface area contributed by atoms with E-state index >= 15 is 0 Å². The SMILES string of the molecule is CC(C)CNCc1ccc(OCCCS(C)(=O)=O)c(Cl)c1. The number of sulfone groups is 1. The molecule has 120 valence electrons. The number of hydrogen-bond acceptors (Lipinski definition) is 4. The molecule has 0 bridgehead atoms. The number of halogens is 1. The number of ether oxygens (including phenoxy) is 1. The molecule has 0 fully saturated rings. The molecule has 0 amide bonds. The van der Waals surface area contributed by atoms with Crippen molar-refractivity contribution in [3.8, 4) is 5.75 Å². The van der Waals surface area contributed by atoms with E-state index in [0.717, 1.165) is 18.7 Å². The Labute approximate surface area is 132 Å². The number of nitrogens with one attached hydrogen (secondary N) is 1. The van der Waals surface area contributed by atoms with Gasteiger partial charge >= 0.3 is 0 Å². The molecule has 0 saturated carbocycles. The predicted molar refractivity (Wildman–Crippen MR) is 87.8 cm³/mol. The quantitative estimate of drug-likeness (QED) is 0.706. The van der Waals surface area contributed by atoms with E-state index in [-0.39, 0.29) is 5.75 Å². The average Bonchev–Trinajstić information content (AvgIpc) is 2.35. The van der Waals surface area contributed by atoms with Crippen LogP contribution in [0.2, 0.25) is 5.02 Å². The summed E-state index contributed by atoms with van der Waals surface area (Å²) in [5, 5.41) is 3.90. The fraction of sp³-hybridized carbons (Fsp3) is 0.600. The van der Waals surface area contributed by atoms with Gasteiger partial charge in [-0.1, -0.05) is 31.5 Å². The summed E-state index contributed by atoms with van der Waals surface area (Å²) >= 11 is 6.17. The van der Waals surface area contributed by atoms with Crippen LogP contribution < -0.4 is 10.1 Å². The summed E-state index contributed by atoms with van der Waals surface area (Å²) in [6, 6.07) is 5.67. The van der Waals surface area contributed by atoms with Gasteiger partial charge in [-0.2, -0.15) is 0 Å². The highest BCUT2D eigenvalue weighted by atomic mass is 35.5. The summed E-state index contributed by atoms with van der Waals surface area (Å²) in [6.45, 7) is 6.40. The molecule has 0 unspecified atom stereocenters. The Morgan fingerprint density at radius 3 is 2.62 bits per heavy atom. The molecule has 0 aromatic heterocycles. The molecule has 0 saturated heterocycles. The monoisotopic (exact) mass is 333 g/mol. The molecule has 0 aliphatic heterocycles. The van der Waals surface area contributed by atoms with Gasteiger partial charge in [0.15, 0.2) is 0 Å². The Bertz CT molecular complexity index is 544. The lowest BCUT2D eigenvalue weighted by Crippen LogP contribution is -2.18. The number of rotatable bonds is 9. The highest BCUT2D eigenvalue weighted by Gasteiger charge is 2.05. The topological polar surface area (TPSA) is 55.4 Å². The zero-order chi connectivity index (χ0) is 15.9. The van der Waals surface area contributed by atoms with E-state index in [9.17, 15) is 8.42 Å². The van der Waals surface area contributed by atoms with Crippen molar-refractivity contribution in [2.45, 2.75) is 26.8 Å². The Morgan fingerprint density at radius 2 is 2.05 bits per heavy atom. The fourth-order valence-corrected chi connectivity index (χ4v) is 2.68. The highest BCUT2D eigenvalue weighted by Crippen LogP contribution is 2.25. The third-order valence-electron chi connectivity index (χ3n) is 2.80. The first-order chi connectivity index (χ1) is 9.78. The second-order valence-corrected chi connectivity index (χ2v) is 8.29. The molecule has 0 radical (unpaired) electrons. The molecular weight excluding hydrogens is 310 g/mol. The lowest BCUT2D eigenvalue weighted by Gasteiger charge is -2.11. The summed E-state index contributed by atoms with van der Waals surface area (Å²) in [5.74, 6) is 1.33. The van der Waals surface area contributed by atoms with Crippen LogP contribution in [0, 0.1) is 5.92 Å². The van der Waals surface area contributed by atoms with Gasteiger partial charge in [-0.25, -0.2) is 8.42 Å². The molecule has 6 heteroatoms. The summed E-state index contributed by atoms with van der Waals surface area (Å²) in [5.41, 5.74) is 1.10. The van der Waals surface area contributed by atoms with Crippen molar-refractivity contribution in [3.05, 3.63) is 28.8 Å². The Balaban J connectivity index is 2.43. The molecule has 1 aromatic carbocycles. The molecule has 0 atom stereocenters. The molecule has 4 nitrogen and oxygen atoms in total. The zero-order valence-electron chi connectivity index (χ0n) is 12.9. The van der Waals surface area contributed by atoms with E-state index in [4.69, 9.17) is 16.3 Å². The van der Waals surface area contributed by atoms with E-state index in [0.29, 0.717) is 29.7 Å². The van der Waals surface area contributed by atoms with Gasteiger partial charge in [-0.3, -0.25) is 0 Å². The van der Waals surface area contributed by atoms with Crippen LogP contribution in [0.3, 0.4) is 0 Å². The molecule has 1 rings (SSSR count). The summed E-state index contributed by atoms with van der Waals surface area (Å²) in [4.78, 5) is 0. The van der Waals surface area contributed by atoms with Crippen molar-refractivity contribution >= 4 is 21.4 Å². The van der Waals surface area contributed by atoms with E-state index in [1.165, 1.54) is 6.26 Å². The minimum Gasteiger partial charge on any atom is -0.492 e. The van der Waals surface area contributed by atoms with Crippen LogP contribution in [0.4, 0.5) is 0 Å². The molecule has 0 aliphatic carbocycles. The van der Waals surface area contributed by atoms with Crippen LogP contribution in [0.5, 0.6) is 5.75 Å². The summed E-state index contributed by atoms with van der Waals surface area (Å²) in [6.07, 6.45) is 1.69. The smallest absolute Gasteiger partial charge is 0.147 e. The normalized spacial score (nSPS) is 11.9. The van der Waals surface area contributed by atoms with Gasteiger partial charge in [0, 0.05) is 12.8 Å². The second kappa shape index (κ2) is 8.61. The summed E-state index contributed by atoms with van der Waals surface area (Å²) in [7, 11) is -2.93. The Hall–Kier alpha value is -0.780. The van der Waals surface area contributed by atoms with E-state index in [2.05, 4.69) is 19.2 Å². The van der Waals surface area contributed by atoms with Gasteiger partial charge in [-0.15, -0.1) is 0 Å². The van der Waals surface area contributed by atoms with Crippen molar-refractivity contribution in [1.29, 1.82) is 0 Å². The van der Waals surface area contributed by atoms with Crippen LogP contribution in [0.25, 0.3) is 0 Å². The standard InChI is InChI=1S/C15H24ClNO3S/c1-12(2)10-17-11-13-5-6-15(14(16)9-13)20-7-4-8-21(3,18)19/h5-6,9,12,17H,4,7-8,10-11H2,1-3H3. The van der Waals surface area contributed by atoms with Crippen molar-refractivity contribution in [3.63, 3.8) is 0 Å². The third-order valence-corrected chi connectivity index (χ3v) is 4.12. The maximum atomic E-state index is 11.0. The van der Waals surface area contributed by atoms with Crippen LogP contribution >= 0.6 is 11.6 Å². The number of hydrogen-bond donors (Lipinski definition) is 1. The maximum absolute atomic E-state index is 11.0. The van der Waals surface area contributed by atoms with Crippen molar-refractivity contribution in [2.24, 2.45) is 5.92 Å². The van der Waals surface area contributed by atoms with E-state index in [1.807, 2.05) is 18.2 Å². The molecule has 1 aromatic rings. The Morgan fingerprint density at radius 1 is 1.33 bits per heavy atom. The van der Waals surface area contributed by atoms with Crippen LogP contribution in [-0.2, 0) is 16.4 Å². The van der Waals surface area contributed by atoms with E-state index < -0.39 is 9.84 Å². The predicted octanol–water partition coefficient (Wildman–Crippen LogP) is 2.90. The lowest BCUT2D eigenvalue weighted by atomic mass is 10.2. The molecule has 1 N–H and O–H groups in total.